The summed E-state index contributed by atoms with van der Waals surface area (Å²) in [6.45, 7) is 0. The van der Waals surface area contributed by atoms with Crippen LogP contribution in [0.5, 0.6) is 0 Å². The molecule has 2 amide bonds. The summed E-state index contributed by atoms with van der Waals surface area (Å²) in [5, 5.41) is 8.83. The zero-order chi connectivity index (χ0) is 18.7. The highest BCUT2D eigenvalue weighted by Crippen LogP contribution is 2.34. The summed E-state index contributed by atoms with van der Waals surface area (Å²) in [4.78, 5) is 41.4. The number of aliphatic carboxylic acids is 1. The molecule has 0 bridgehead atoms. The number of carbonyl (C=O) groups is 3. The van der Waals surface area contributed by atoms with Gasteiger partial charge in [-0.05, 0) is 36.4 Å². The number of benzene rings is 2. The van der Waals surface area contributed by atoms with Crippen LogP contribution in [-0.4, -0.2) is 33.3 Å². The van der Waals surface area contributed by atoms with Crippen LogP contribution in [-0.2, 0) is 9.59 Å². The Labute approximate surface area is 158 Å². The number of rotatable bonds is 4. The zero-order valence-corrected chi connectivity index (χ0v) is 14.9. The Balaban J connectivity index is 1.97. The predicted molar refractivity (Wildman–Crippen MR) is 101 cm³/mol. The van der Waals surface area contributed by atoms with Crippen LogP contribution in [0, 0.1) is 0 Å². The van der Waals surface area contributed by atoms with E-state index in [1.165, 1.54) is 4.90 Å². The number of carboxylic acid groups (broad SMARTS) is 1. The van der Waals surface area contributed by atoms with E-state index in [0.29, 0.717) is 16.3 Å². The van der Waals surface area contributed by atoms with Gasteiger partial charge in [-0.1, -0.05) is 41.6 Å². The van der Waals surface area contributed by atoms with Gasteiger partial charge >= 0.3 is 5.97 Å². The quantitative estimate of drug-likeness (QED) is 0.866. The fourth-order valence-corrected chi connectivity index (χ4v) is 3.64. The number of aliphatic imine (C=N–C) groups is 1. The Hall–Kier alpha value is -2.64. The highest BCUT2D eigenvalue weighted by molar-refractivity contribution is 8.16. The molecule has 2 aromatic rings. The maximum absolute atomic E-state index is 12.7. The lowest BCUT2D eigenvalue weighted by Gasteiger charge is -2.16. The monoisotopic (exact) mass is 388 g/mol. The minimum atomic E-state index is -1.09. The van der Waals surface area contributed by atoms with E-state index in [9.17, 15) is 14.4 Å². The molecule has 0 radical (unpaired) electrons. The molecule has 1 atom stereocenters. The molecule has 2 aromatic carbocycles. The molecule has 0 spiro atoms. The predicted octanol–water partition coefficient (Wildman–Crippen LogP) is 3.46. The Morgan fingerprint density at radius 1 is 1.12 bits per heavy atom. The summed E-state index contributed by atoms with van der Waals surface area (Å²) in [5.74, 6) is -2.03. The maximum Gasteiger partial charge on any atom is 0.305 e. The van der Waals surface area contributed by atoms with Crippen LogP contribution in [0.3, 0.4) is 0 Å². The second-order valence-electron chi connectivity index (χ2n) is 5.42. The fraction of sp³-hybridized carbons (Fsp3) is 0.111. The van der Waals surface area contributed by atoms with Gasteiger partial charge in [-0.3, -0.25) is 19.3 Å². The first-order chi connectivity index (χ1) is 12.5. The van der Waals surface area contributed by atoms with Crippen molar-refractivity contribution >= 4 is 52.0 Å². The molecule has 1 saturated heterocycles. The summed E-state index contributed by atoms with van der Waals surface area (Å²) < 4.78 is 0. The Morgan fingerprint density at radius 3 is 2.38 bits per heavy atom. The molecule has 1 fully saturated rings. The molecule has 1 aliphatic heterocycles. The molecule has 3 rings (SSSR count). The molecular weight excluding hydrogens is 376 g/mol. The highest BCUT2D eigenvalue weighted by Gasteiger charge is 2.40. The molecule has 1 heterocycles. The second-order valence-corrected chi connectivity index (χ2v) is 7.03. The van der Waals surface area contributed by atoms with Gasteiger partial charge in [0, 0.05) is 10.6 Å². The topological polar surface area (TPSA) is 87.0 Å². The molecule has 132 valence electrons. The largest absolute Gasteiger partial charge is 0.481 e. The molecule has 0 aliphatic carbocycles. The minimum Gasteiger partial charge on any atom is -0.481 e. The lowest BCUT2D eigenvalue weighted by Crippen LogP contribution is -2.33. The Bertz CT molecular complexity index is 884. The van der Waals surface area contributed by atoms with Crippen molar-refractivity contribution in [2.24, 2.45) is 4.99 Å². The van der Waals surface area contributed by atoms with E-state index in [4.69, 9.17) is 16.7 Å². The average Bonchev–Trinajstić information content (AvgIpc) is 2.91. The Kier molecular flexibility index (Phi) is 5.39. The van der Waals surface area contributed by atoms with Crippen molar-refractivity contribution in [2.45, 2.75) is 11.7 Å². The molecule has 0 unspecified atom stereocenters. The van der Waals surface area contributed by atoms with Crippen molar-refractivity contribution in [3.05, 3.63) is 65.2 Å². The summed E-state index contributed by atoms with van der Waals surface area (Å²) in [7, 11) is 0. The van der Waals surface area contributed by atoms with Gasteiger partial charge in [0.1, 0.15) is 5.25 Å². The van der Waals surface area contributed by atoms with E-state index in [-0.39, 0.29) is 11.6 Å². The molecule has 26 heavy (non-hydrogen) atoms. The number of halogens is 1. The summed E-state index contributed by atoms with van der Waals surface area (Å²) in [5.41, 5.74) is 0.852. The molecule has 6 nitrogen and oxygen atoms in total. The van der Waals surface area contributed by atoms with E-state index in [1.807, 2.05) is 0 Å². The number of hydrogen-bond acceptors (Lipinski definition) is 4. The highest BCUT2D eigenvalue weighted by atomic mass is 35.5. The average molecular weight is 389 g/mol. The van der Waals surface area contributed by atoms with Gasteiger partial charge in [0.25, 0.3) is 5.91 Å². The molecule has 1 aliphatic rings. The van der Waals surface area contributed by atoms with Crippen LogP contribution in [0.25, 0.3) is 0 Å². The van der Waals surface area contributed by atoms with Crippen LogP contribution in [0.1, 0.15) is 16.8 Å². The number of thioether (sulfide) groups is 1. The van der Waals surface area contributed by atoms with Gasteiger partial charge < -0.3 is 5.11 Å². The number of amidine groups is 1. The smallest absolute Gasteiger partial charge is 0.305 e. The summed E-state index contributed by atoms with van der Waals surface area (Å²) in [6.07, 6.45) is -0.355. The van der Waals surface area contributed by atoms with Crippen molar-refractivity contribution in [3.8, 4) is 0 Å². The van der Waals surface area contributed by atoms with Crippen molar-refractivity contribution in [2.75, 3.05) is 4.90 Å². The first-order valence-electron chi connectivity index (χ1n) is 7.62. The standard InChI is InChI=1S/C18H13ClN2O4S/c19-12-6-8-13(9-7-12)21-17(25)14(10-15(22)23)26-18(21)20-16(24)11-4-2-1-3-5-11/h1-9,14H,10H2,(H,22,23)/t14-/m0/s1. The maximum atomic E-state index is 12.7. The third kappa shape index (κ3) is 3.95. The van der Waals surface area contributed by atoms with Crippen LogP contribution in [0.2, 0.25) is 5.02 Å². The molecule has 1 N–H and O–H groups in total. The normalized spacial score (nSPS) is 18.3. The second kappa shape index (κ2) is 7.72. The minimum absolute atomic E-state index is 0.150. The Morgan fingerprint density at radius 2 is 1.77 bits per heavy atom. The summed E-state index contributed by atoms with van der Waals surface area (Å²) in [6, 6.07) is 14.9. The van der Waals surface area contributed by atoms with E-state index in [0.717, 1.165) is 11.8 Å². The number of carbonyl (C=O) groups excluding carboxylic acids is 2. The van der Waals surface area contributed by atoms with Gasteiger partial charge in [-0.2, -0.15) is 4.99 Å². The van der Waals surface area contributed by atoms with Crippen molar-refractivity contribution in [1.29, 1.82) is 0 Å². The number of hydrogen-bond donors (Lipinski definition) is 1. The molecule has 0 saturated carbocycles. The van der Waals surface area contributed by atoms with Crippen LogP contribution in [0.15, 0.2) is 59.6 Å². The number of carboxylic acids is 1. The zero-order valence-electron chi connectivity index (χ0n) is 13.3. The molecule has 8 heteroatoms. The fourth-order valence-electron chi connectivity index (χ4n) is 2.39. The SMILES string of the molecule is O=C(O)C[C@@H]1SC(=NC(=O)c2ccccc2)N(c2ccc(Cl)cc2)C1=O. The third-order valence-corrected chi connectivity index (χ3v) is 4.99. The lowest BCUT2D eigenvalue weighted by atomic mass is 10.2. The molecular formula is C18H13ClN2O4S. The van der Waals surface area contributed by atoms with Crippen molar-refractivity contribution < 1.29 is 19.5 Å². The van der Waals surface area contributed by atoms with E-state index >= 15 is 0 Å². The van der Waals surface area contributed by atoms with E-state index < -0.39 is 23.0 Å². The van der Waals surface area contributed by atoms with E-state index in [1.54, 1.807) is 54.6 Å². The lowest BCUT2D eigenvalue weighted by molar-refractivity contribution is -0.138. The number of anilines is 1. The van der Waals surface area contributed by atoms with E-state index in [2.05, 4.69) is 4.99 Å². The third-order valence-electron chi connectivity index (χ3n) is 3.60. The van der Waals surface area contributed by atoms with Gasteiger partial charge in [-0.25, -0.2) is 0 Å². The van der Waals surface area contributed by atoms with Gasteiger partial charge in [0.2, 0.25) is 5.91 Å². The van der Waals surface area contributed by atoms with Crippen LogP contribution >= 0.6 is 23.4 Å². The number of amides is 2. The number of nitrogens with zero attached hydrogens (tertiary/aromatic N) is 2. The molecule has 0 aromatic heterocycles. The van der Waals surface area contributed by atoms with Gasteiger partial charge in [0.15, 0.2) is 5.17 Å². The van der Waals surface area contributed by atoms with Crippen molar-refractivity contribution in [3.63, 3.8) is 0 Å². The summed E-state index contributed by atoms with van der Waals surface area (Å²) >= 11 is 6.85. The first kappa shape index (κ1) is 18.2. The van der Waals surface area contributed by atoms with Crippen LogP contribution < -0.4 is 4.90 Å². The van der Waals surface area contributed by atoms with Gasteiger partial charge in [-0.15, -0.1) is 0 Å². The van der Waals surface area contributed by atoms with Gasteiger partial charge in [0.05, 0.1) is 12.1 Å². The van der Waals surface area contributed by atoms with Crippen LogP contribution in [0.4, 0.5) is 5.69 Å². The first-order valence-corrected chi connectivity index (χ1v) is 8.87. The van der Waals surface area contributed by atoms with Crippen molar-refractivity contribution in [1.82, 2.24) is 0 Å².